The largest absolute Gasteiger partial charge is 0.480 e. The molecule has 0 saturated carbocycles. The van der Waals surface area contributed by atoms with Crippen LogP contribution in [0.1, 0.15) is 37.0 Å². The van der Waals surface area contributed by atoms with E-state index < -0.39 is 11.5 Å². The lowest BCUT2D eigenvalue weighted by Crippen LogP contribution is -2.53. The Labute approximate surface area is 116 Å². The van der Waals surface area contributed by atoms with Crippen LogP contribution in [-0.2, 0) is 4.79 Å². The number of nitrogens with zero attached hydrogens (tertiary/aromatic N) is 1. The molecule has 0 aliphatic heterocycles. The molecular weight excluding hydrogens is 258 g/mol. The summed E-state index contributed by atoms with van der Waals surface area (Å²) in [7, 11) is 0. The number of rotatable bonds is 5. The Morgan fingerprint density at radius 2 is 2.05 bits per heavy atom. The number of hydrogen-bond donors (Lipinski definition) is 3. The fraction of sp³-hybridized carbons (Fsp3) is 0.357. The Hall–Kier alpha value is -2.37. The number of aliphatic carboxylic acids is 1. The first-order valence-corrected chi connectivity index (χ1v) is 6.51. The monoisotopic (exact) mass is 275 g/mol. The van der Waals surface area contributed by atoms with Gasteiger partial charge in [-0.25, -0.2) is 4.79 Å². The van der Waals surface area contributed by atoms with E-state index in [1.807, 2.05) is 0 Å². The third-order valence-electron chi connectivity index (χ3n) is 3.67. The summed E-state index contributed by atoms with van der Waals surface area (Å²) in [6.45, 7) is 3.49. The molecule has 1 amide bonds. The highest BCUT2D eigenvalue weighted by molar-refractivity contribution is 6.00. The van der Waals surface area contributed by atoms with Crippen LogP contribution in [0.25, 0.3) is 10.9 Å². The lowest BCUT2D eigenvalue weighted by Gasteiger charge is -2.28. The summed E-state index contributed by atoms with van der Waals surface area (Å²) in [5.74, 6) is -1.40. The van der Waals surface area contributed by atoms with E-state index in [-0.39, 0.29) is 5.91 Å². The lowest BCUT2D eigenvalue weighted by molar-refractivity contribution is -0.144. The third kappa shape index (κ3) is 2.36. The first-order valence-electron chi connectivity index (χ1n) is 6.51. The van der Waals surface area contributed by atoms with E-state index in [4.69, 9.17) is 0 Å². The van der Waals surface area contributed by atoms with Gasteiger partial charge in [-0.1, -0.05) is 13.8 Å². The van der Waals surface area contributed by atoms with Gasteiger partial charge >= 0.3 is 5.97 Å². The topological polar surface area (TPSA) is 95.1 Å². The van der Waals surface area contributed by atoms with Gasteiger partial charge in [-0.15, -0.1) is 0 Å². The predicted molar refractivity (Wildman–Crippen MR) is 74.5 cm³/mol. The van der Waals surface area contributed by atoms with E-state index in [2.05, 4.69) is 15.5 Å². The molecule has 20 heavy (non-hydrogen) atoms. The van der Waals surface area contributed by atoms with Crippen molar-refractivity contribution < 1.29 is 14.7 Å². The molecule has 2 aromatic rings. The smallest absolute Gasteiger partial charge is 0.329 e. The second-order valence-corrected chi connectivity index (χ2v) is 4.72. The van der Waals surface area contributed by atoms with E-state index in [0.717, 1.165) is 10.9 Å². The number of fused-ring (bicyclic) bond motifs is 1. The van der Waals surface area contributed by atoms with Crippen molar-refractivity contribution in [3.05, 3.63) is 30.0 Å². The minimum atomic E-state index is -1.22. The number of benzene rings is 1. The van der Waals surface area contributed by atoms with Gasteiger partial charge in [0.05, 0.1) is 11.7 Å². The van der Waals surface area contributed by atoms with Gasteiger partial charge in [-0.3, -0.25) is 9.89 Å². The van der Waals surface area contributed by atoms with Crippen molar-refractivity contribution in [1.29, 1.82) is 0 Å². The molecule has 2 rings (SSSR count). The van der Waals surface area contributed by atoms with Crippen molar-refractivity contribution in [2.75, 3.05) is 0 Å². The number of hydrogen-bond acceptors (Lipinski definition) is 3. The maximum atomic E-state index is 12.2. The van der Waals surface area contributed by atoms with Gasteiger partial charge < -0.3 is 10.4 Å². The molecule has 0 aliphatic carbocycles. The van der Waals surface area contributed by atoms with Crippen molar-refractivity contribution in [2.24, 2.45) is 0 Å². The average molecular weight is 275 g/mol. The van der Waals surface area contributed by atoms with Crippen molar-refractivity contribution in [3.63, 3.8) is 0 Å². The molecule has 0 atom stereocenters. The molecule has 6 nitrogen and oxygen atoms in total. The Morgan fingerprint density at radius 3 is 2.65 bits per heavy atom. The SMILES string of the molecule is CCC(CC)(NC(=O)c1ccc2[nH]ncc2c1)C(=O)O. The molecule has 106 valence electrons. The molecule has 0 radical (unpaired) electrons. The zero-order valence-corrected chi connectivity index (χ0v) is 11.4. The summed E-state index contributed by atoms with van der Waals surface area (Å²) in [5.41, 5.74) is 0.0334. The summed E-state index contributed by atoms with van der Waals surface area (Å²) in [6.07, 6.45) is 2.28. The van der Waals surface area contributed by atoms with Crippen LogP contribution in [0.15, 0.2) is 24.4 Å². The van der Waals surface area contributed by atoms with Gasteiger partial charge in [-0.2, -0.15) is 5.10 Å². The number of H-pyrrole nitrogens is 1. The van der Waals surface area contributed by atoms with E-state index in [0.29, 0.717) is 18.4 Å². The van der Waals surface area contributed by atoms with Gasteiger partial charge in [0.15, 0.2) is 0 Å². The van der Waals surface area contributed by atoms with E-state index >= 15 is 0 Å². The Bertz CT molecular complexity index is 644. The number of carboxylic acid groups (broad SMARTS) is 1. The molecule has 0 saturated heterocycles. The van der Waals surface area contributed by atoms with Crippen molar-refractivity contribution >= 4 is 22.8 Å². The van der Waals surface area contributed by atoms with Crippen LogP contribution >= 0.6 is 0 Å². The van der Waals surface area contributed by atoms with Gasteiger partial charge in [0.1, 0.15) is 5.54 Å². The Morgan fingerprint density at radius 1 is 1.35 bits per heavy atom. The molecule has 3 N–H and O–H groups in total. The summed E-state index contributed by atoms with van der Waals surface area (Å²) in [4.78, 5) is 23.6. The van der Waals surface area contributed by atoms with Gasteiger partial charge in [0.25, 0.3) is 5.91 Å². The number of carbonyl (C=O) groups is 2. The molecule has 1 aromatic carbocycles. The van der Waals surface area contributed by atoms with Crippen LogP contribution in [0, 0.1) is 0 Å². The number of aromatic nitrogens is 2. The Kier molecular flexibility index (Phi) is 3.74. The molecule has 0 aliphatic rings. The second kappa shape index (κ2) is 5.32. The van der Waals surface area contributed by atoms with Crippen LogP contribution in [0.3, 0.4) is 0 Å². The normalized spacial score (nSPS) is 11.5. The second-order valence-electron chi connectivity index (χ2n) is 4.72. The quantitative estimate of drug-likeness (QED) is 0.777. The fourth-order valence-electron chi connectivity index (χ4n) is 2.16. The first-order chi connectivity index (χ1) is 9.52. The van der Waals surface area contributed by atoms with Crippen molar-refractivity contribution in [2.45, 2.75) is 32.2 Å². The number of carboxylic acids is 1. The number of carbonyl (C=O) groups excluding carboxylic acids is 1. The maximum absolute atomic E-state index is 12.2. The minimum Gasteiger partial charge on any atom is -0.480 e. The van der Waals surface area contributed by atoms with Gasteiger partial charge in [0, 0.05) is 10.9 Å². The van der Waals surface area contributed by atoms with Gasteiger partial charge in [-0.05, 0) is 31.0 Å². The summed E-state index contributed by atoms with van der Waals surface area (Å²) in [5, 5.41) is 19.5. The standard InChI is InChI=1S/C14H17N3O3/c1-3-14(4-2,13(19)20)16-12(18)9-5-6-11-10(7-9)8-15-17-11/h5-8H,3-4H2,1-2H3,(H,15,17)(H,16,18)(H,19,20). The number of aromatic amines is 1. The highest BCUT2D eigenvalue weighted by Crippen LogP contribution is 2.18. The highest BCUT2D eigenvalue weighted by atomic mass is 16.4. The molecule has 0 bridgehead atoms. The van der Waals surface area contributed by atoms with Crippen LogP contribution in [-0.4, -0.2) is 32.7 Å². The Balaban J connectivity index is 2.28. The number of amides is 1. The molecule has 0 unspecified atom stereocenters. The van der Waals surface area contributed by atoms with Crippen molar-refractivity contribution in [3.8, 4) is 0 Å². The van der Waals surface area contributed by atoms with Crippen LogP contribution in [0.4, 0.5) is 0 Å². The maximum Gasteiger partial charge on any atom is 0.329 e. The van der Waals surface area contributed by atoms with E-state index in [9.17, 15) is 14.7 Å². The van der Waals surface area contributed by atoms with Crippen LogP contribution in [0.2, 0.25) is 0 Å². The number of nitrogens with one attached hydrogen (secondary N) is 2. The predicted octanol–water partition coefficient (Wildman–Crippen LogP) is 1.94. The van der Waals surface area contributed by atoms with E-state index in [1.54, 1.807) is 38.2 Å². The molecule has 6 heteroatoms. The zero-order valence-electron chi connectivity index (χ0n) is 11.4. The zero-order chi connectivity index (χ0) is 14.8. The summed E-state index contributed by atoms with van der Waals surface area (Å²) in [6, 6.07) is 5.08. The lowest BCUT2D eigenvalue weighted by atomic mass is 9.92. The molecule has 1 heterocycles. The van der Waals surface area contributed by atoms with Gasteiger partial charge in [0.2, 0.25) is 0 Å². The highest BCUT2D eigenvalue weighted by Gasteiger charge is 2.36. The van der Waals surface area contributed by atoms with Crippen LogP contribution in [0.5, 0.6) is 0 Å². The molecular formula is C14H17N3O3. The molecule has 0 fully saturated rings. The molecule has 0 spiro atoms. The van der Waals surface area contributed by atoms with Crippen molar-refractivity contribution in [1.82, 2.24) is 15.5 Å². The fourth-order valence-corrected chi connectivity index (χ4v) is 2.16. The first kappa shape index (κ1) is 14.0. The van der Waals surface area contributed by atoms with E-state index in [1.165, 1.54) is 0 Å². The summed E-state index contributed by atoms with van der Waals surface area (Å²) < 4.78 is 0. The average Bonchev–Trinajstić information content (AvgIpc) is 2.91. The third-order valence-corrected chi connectivity index (χ3v) is 3.67. The summed E-state index contributed by atoms with van der Waals surface area (Å²) >= 11 is 0. The molecule has 1 aromatic heterocycles. The minimum absolute atomic E-state index is 0.332. The van der Waals surface area contributed by atoms with Crippen LogP contribution < -0.4 is 5.32 Å².